The number of aromatic nitrogens is 3. The van der Waals surface area contributed by atoms with E-state index in [0.29, 0.717) is 13.1 Å². The molecule has 0 bridgehead atoms. The topological polar surface area (TPSA) is 51.0 Å². The molecule has 1 aliphatic heterocycles. The highest BCUT2D eigenvalue weighted by atomic mass is 19.2. The molecule has 1 atom stereocenters. The Kier molecular flexibility index (Phi) is 4.25. The molecule has 0 radical (unpaired) electrons. The lowest BCUT2D eigenvalue weighted by Gasteiger charge is -2.42. The molecule has 1 unspecified atom stereocenters. The third-order valence-corrected chi connectivity index (χ3v) is 5.87. The fourth-order valence-corrected chi connectivity index (χ4v) is 4.38. The number of aryl methyl sites for hydroxylation is 1. The second-order valence-corrected chi connectivity index (χ2v) is 7.47. The van der Waals surface area contributed by atoms with Crippen LogP contribution < -0.4 is 0 Å². The molecule has 26 heavy (non-hydrogen) atoms. The Morgan fingerprint density at radius 1 is 1.31 bits per heavy atom. The smallest absolute Gasteiger partial charge is 0.254 e. The van der Waals surface area contributed by atoms with Gasteiger partial charge in [-0.15, -0.1) is 10.2 Å². The highest BCUT2D eigenvalue weighted by molar-refractivity contribution is 5.94. The van der Waals surface area contributed by atoms with Gasteiger partial charge >= 0.3 is 0 Å². The van der Waals surface area contributed by atoms with Crippen molar-refractivity contribution < 1.29 is 13.6 Å². The molecule has 2 aliphatic rings. The Morgan fingerprint density at radius 3 is 2.77 bits per heavy atom. The summed E-state index contributed by atoms with van der Waals surface area (Å²) in [7, 11) is 0. The van der Waals surface area contributed by atoms with E-state index in [2.05, 4.69) is 21.7 Å². The molecule has 0 N–H and O–H groups in total. The number of hydrogen-bond acceptors (Lipinski definition) is 3. The van der Waals surface area contributed by atoms with Gasteiger partial charge in [0, 0.05) is 31.1 Å². The van der Waals surface area contributed by atoms with Crippen molar-refractivity contribution in [1.82, 2.24) is 19.7 Å². The monoisotopic (exact) mass is 360 g/mol. The lowest BCUT2D eigenvalue weighted by atomic mass is 9.62. The minimum atomic E-state index is -0.993. The fourth-order valence-electron chi connectivity index (χ4n) is 4.38. The molecule has 1 aliphatic carbocycles. The van der Waals surface area contributed by atoms with Gasteiger partial charge in [0.15, 0.2) is 11.6 Å². The lowest BCUT2D eigenvalue weighted by Crippen LogP contribution is -2.38. The summed E-state index contributed by atoms with van der Waals surface area (Å²) >= 11 is 0. The third kappa shape index (κ3) is 2.70. The van der Waals surface area contributed by atoms with Crippen molar-refractivity contribution in [3.8, 4) is 0 Å². The maximum absolute atomic E-state index is 13.5. The van der Waals surface area contributed by atoms with Crippen molar-refractivity contribution in [2.75, 3.05) is 13.1 Å². The number of rotatable bonds is 4. The SMILES string of the molecule is CCCn1cnnc1C1CN(C(=O)c2ccc(F)c(F)c2)CC12CCC2. The average molecular weight is 360 g/mol. The van der Waals surface area contributed by atoms with Crippen molar-refractivity contribution in [3.63, 3.8) is 0 Å². The summed E-state index contributed by atoms with van der Waals surface area (Å²) in [5, 5.41) is 8.43. The number of carbonyl (C=O) groups excluding carboxylic acids is 1. The lowest BCUT2D eigenvalue weighted by molar-refractivity contribution is 0.0722. The van der Waals surface area contributed by atoms with Crippen LogP contribution in [0.4, 0.5) is 8.78 Å². The molecule has 1 saturated heterocycles. The van der Waals surface area contributed by atoms with Crippen molar-refractivity contribution in [2.24, 2.45) is 5.41 Å². The molecule has 1 spiro atoms. The Labute approximate surface area is 151 Å². The molecule has 2 heterocycles. The van der Waals surface area contributed by atoms with Crippen LogP contribution >= 0.6 is 0 Å². The van der Waals surface area contributed by atoms with Gasteiger partial charge in [-0.2, -0.15) is 0 Å². The zero-order chi connectivity index (χ0) is 18.3. The average Bonchev–Trinajstić information content (AvgIpc) is 3.20. The van der Waals surface area contributed by atoms with Gasteiger partial charge in [-0.1, -0.05) is 13.3 Å². The minimum absolute atomic E-state index is 0.0345. The van der Waals surface area contributed by atoms with E-state index in [4.69, 9.17) is 0 Å². The summed E-state index contributed by atoms with van der Waals surface area (Å²) in [5.74, 6) is -1.11. The van der Waals surface area contributed by atoms with E-state index < -0.39 is 11.6 Å². The number of hydrogen-bond donors (Lipinski definition) is 0. The summed E-state index contributed by atoms with van der Waals surface area (Å²) in [4.78, 5) is 14.6. The fraction of sp³-hybridized carbons (Fsp3) is 0.526. The summed E-state index contributed by atoms with van der Waals surface area (Å²) in [6, 6.07) is 3.34. The quantitative estimate of drug-likeness (QED) is 0.840. The van der Waals surface area contributed by atoms with E-state index in [-0.39, 0.29) is 22.8 Å². The van der Waals surface area contributed by atoms with Gasteiger partial charge in [-0.3, -0.25) is 4.79 Å². The molecule has 2 aromatic rings. The first kappa shape index (κ1) is 17.1. The number of carbonyl (C=O) groups is 1. The molecule has 1 aromatic heterocycles. The van der Waals surface area contributed by atoms with Gasteiger partial charge in [-0.05, 0) is 42.9 Å². The van der Waals surface area contributed by atoms with Gasteiger partial charge < -0.3 is 9.47 Å². The number of likely N-dealkylation sites (tertiary alicyclic amines) is 1. The van der Waals surface area contributed by atoms with Crippen LogP contribution in [0.25, 0.3) is 0 Å². The molecule has 2 fully saturated rings. The Balaban J connectivity index is 1.61. The minimum Gasteiger partial charge on any atom is -0.337 e. The zero-order valence-electron chi connectivity index (χ0n) is 14.8. The van der Waals surface area contributed by atoms with Crippen molar-refractivity contribution in [2.45, 2.75) is 45.1 Å². The normalized spacial score (nSPS) is 21.2. The van der Waals surface area contributed by atoms with E-state index in [0.717, 1.165) is 50.2 Å². The predicted octanol–water partition coefficient (Wildman–Crippen LogP) is 3.38. The molecule has 1 aromatic carbocycles. The Morgan fingerprint density at radius 2 is 2.12 bits per heavy atom. The number of nitrogens with zero attached hydrogens (tertiary/aromatic N) is 4. The van der Waals surface area contributed by atoms with Crippen LogP contribution in [0.2, 0.25) is 0 Å². The standard InChI is InChI=1S/C19H22F2N4O/c1-2-8-24-12-22-23-17(24)14-10-25(11-19(14)6-3-7-19)18(26)13-4-5-15(20)16(21)9-13/h4-5,9,12,14H,2-3,6-8,10-11H2,1H3. The number of benzene rings is 1. The molecular formula is C19H22F2N4O. The second kappa shape index (κ2) is 6.45. The summed E-state index contributed by atoms with van der Waals surface area (Å²) in [6.07, 6.45) is 6.00. The summed E-state index contributed by atoms with van der Waals surface area (Å²) in [6.45, 7) is 4.14. The van der Waals surface area contributed by atoms with Crippen molar-refractivity contribution in [3.05, 3.63) is 47.5 Å². The molecule has 1 saturated carbocycles. The number of halogens is 2. The van der Waals surface area contributed by atoms with E-state index in [9.17, 15) is 13.6 Å². The maximum atomic E-state index is 13.5. The molecular weight excluding hydrogens is 338 g/mol. The van der Waals surface area contributed by atoms with Gasteiger partial charge in [0.05, 0.1) is 0 Å². The summed E-state index contributed by atoms with van der Waals surface area (Å²) < 4.78 is 28.8. The molecule has 4 rings (SSSR count). The first-order valence-corrected chi connectivity index (χ1v) is 9.16. The maximum Gasteiger partial charge on any atom is 0.254 e. The van der Waals surface area contributed by atoms with Crippen molar-refractivity contribution in [1.29, 1.82) is 0 Å². The summed E-state index contributed by atoms with van der Waals surface area (Å²) in [5.41, 5.74) is 0.223. The number of amides is 1. The first-order chi connectivity index (χ1) is 12.5. The van der Waals surface area contributed by atoms with Gasteiger partial charge in [0.1, 0.15) is 12.2 Å². The van der Waals surface area contributed by atoms with Crippen LogP contribution in [0.15, 0.2) is 24.5 Å². The third-order valence-electron chi connectivity index (χ3n) is 5.87. The highest BCUT2D eigenvalue weighted by Crippen LogP contribution is 2.55. The molecule has 1 amide bonds. The molecule has 138 valence electrons. The highest BCUT2D eigenvalue weighted by Gasteiger charge is 2.53. The van der Waals surface area contributed by atoms with Crippen LogP contribution in [0.3, 0.4) is 0 Å². The van der Waals surface area contributed by atoms with Crippen LogP contribution in [0.5, 0.6) is 0 Å². The Hall–Kier alpha value is -2.31. The van der Waals surface area contributed by atoms with Crippen LogP contribution in [-0.2, 0) is 6.54 Å². The van der Waals surface area contributed by atoms with E-state index >= 15 is 0 Å². The second-order valence-electron chi connectivity index (χ2n) is 7.47. The molecule has 5 nitrogen and oxygen atoms in total. The van der Waals surface area contributed by atoms with E-state index in [1.165, 1.54) is 6.07 Å². The van der Waals surface area contributed by atoms with Crippen LogP contribution in [-0.4, -0.2) is 38.7 Å². The van der Waals surface area contributed by atoms with Gasteiger partial charge in [0.2, 0.25) is 0 Å². The van der Waals surface area contributed by atoms with E-state index in [1.807, 2.05) is 0 Å². The largest absolute Gasteiger partial charge is 0.337 e. The van der Waals surface area contributed by atoms with Gasteiger partial charge in [0.25, 0.3) is 5.91 Å². The molecule has 7 heteroatoms. The van der Waals surface area contributed by atoms with E-state index in [1.54, 1.807) is 11.2 Å². The van der Waals surface area contributed by atoms with Crippen LogP contribution in [0, 0.1) is 17.0 Å². The zero-order valence-corrected chi connectivity index (χ0v) is 14.8. The van der Waals surface area contributed by atoms with Crippen molar-refractivity contribution >= 4 is 5.91 Å². The van der Waals surface area contributed by atoms with Crippen LogP contribution in [0.1, 0.15) is 54.7 Å². The first-order valence-electron chi connectivity index (χ1n) is 9.16. The van der Waals surface area contributed by atoms with Gasteiger partial charge in [-0.25, -0.2) is 8.78 Å². The predicted molar refractivity (Wildman–Crippen MR) is 91.6 cm³/mol. The Bertz CT molecular complexity index is 831.